The Morgan fingerprint density at radius 3 is 0.789 bits per heavy atom. The Labute approximate surface area is 219 Å². The number of fused-ring (bicyclic) bond motifs is 12. The lowest BCUT2D eigenvalue weighted by atomic mass is 9.93. The minimum atomic E-state index is 0.881. The zero-order chi connectivity index (χ0) is 25.1. The van der Waals surface area contributed by atoms with E-state index in [9.17, 15) is 0 Å². The quantitative estimate of drug-likeness (QED) is 0.173. The van der Waals surface area contributed by atoms with Crippen LogP contribution in [0.3, 0.4) is 0 Å². The number of rotatable bonds is 2. The van der Waals surface area contributed by atoms with E-state index < -0.39 is 0 Å². The maximum atomic E-state index is 4.92. The molecule has 0 bridgehead atoms. The van der Waals surface area contributed by atoms with Gasteiger partial charge in [-0.05, 0) is 66.0 Å². The maximum absolute atomic E-state index is 4.92. The van der Waals surface area contributed by atoms with Crippen molar-refractivity contribution < 1.29 is 0 Å². The van der Waals surface area contributed by atoms with Gasteiger partial charge in [0.05, 0.1) is 11.4 Å². The lowest BCUT2D eigenvalue weighted by molar-refractivity contribution is 1.26. The highest BCUT2D eigenvalue weighted by atomic mass is 15.1. The van der Waals surface area contributed by atoms with Crippen molar-refractivity contribution in [3.05, 3.63) is 133 Å². The van der Waals surface area contributed by atoms with Crippen molar-refractivity contribution in [3.8, 4) is 0 Å². The van der Waals surface area contributed by atoms with Gasteiger partial charge in [0.2, 0.25) is 0 Å². The monoisotopic (exact) mass is 482 g/mol. The summed E-state index contributed by atoms with van der Waals surface area (Å²) in [7, 11) is 0. The van der Waals surface area contributed by atoms with Crippen molar-refractivity contribution in [2.75, 3.05) is 0 Å². The summed E-state index contributed by atoms with van der Waals surface area (Å²) in [5, 5.41) is 24.4. The third-order valence-corrected chi connectivity index (χ3v) is 7.76. The van der Waals surface area contributed by atoms with Gasteiger partial charge in [-0.25, -0.2) is 0 Å². The van der Waals surface area contributed by atoms with E-state index in [0.717, 1.165) is 22.1 Å². The van der Waals surface area contributed by atoms with Crippen molar-refractivity contribution in [2.24, 2.45) is 10.2 Å². The molecule has 38 heavy (non-hydrogen) atoms. The van der Waals surface area contributed by atoms with Crippen molar-refractivity contribution in [3.63, 3.8) is 0 Å². The standard InChI is InChI=1S/C36H22N2/c1-3-13-27-23(11-1)25-15-5-7-17-29(25)35-31(27)19-9-21-33(35)37-38-34-22-10-20-32-28-14-4-2-12-24(28)26-16-6-8-18-30(26)36(32)34/h1-22H. The van der Waals surface area contributed by atoms with Gasteiger partial charge < -0.3 is 0 Å². The first-order valence-corrected chi connectivity index (χ1v) is 12.9. The molecule has 0 heterocycles. The molecule has 0 N–H and O–H groups in total. The molecule has 8 aromatic carbocycles. The van der Waals surface area contributed by atoms with Crippen LogP contribution in [0.4, 0.5) is 11.4 Å². The molecule has 0 saturated carbocycles. The average Bonchev–Trinajstić information content (AvgIpc) is 3.00. The molecule has 176 valence electrons. The first kappa shape index (κ1) is 21.0. The lowest BCUT2D eigenvalue weighted by Gasteiger charge is -2.12. The molecule has 2 heteroatoms. The fourth-order valence-corrected chi connectivity index (χ4v) is 6.15. The van der Waals surface area contributed by atoms with Crippen LogP contribution in [0.15, 0.2) is 144 Å². The highest BCUT2D eigenvalue weighted by molar-refractivity contribution is 6.29. The SMILES string of the molecule is c1ccc2c(c1)c1ccccc1c1c(N=Nc3cccc4c5ccccc5c5ccccc5c34)cccc21. The Morgan fingerprint density at radius 1 is 0.237 bits per heavy atom. The molecule has 0 aliphatic rings. The summed E-state index contributed by atoms with van der Waals surface area (Å²) in [6.45, 7) is 0. The molecule has 0 unspecified atom stereocenters. The van der Waals surface area contributed by atoms with E-state index in [1.165, 1.54) is 53.9 Å². The predicted octanol–water partition coefficient (Wildman–Crippen LogP) is 11.0. The van der Waals surface area contributed by atoms with Gasteiger partial charge in [0.25, 0.3) is 0 Å². The number of hydrogen-bond donors (Lipinski definition) is 0. The van der Waals surface area contributed by atoms with E-state index in [2.05, 4.69) is 133 Å². The molecule has 8 rings (SSSR count). The van der Waals surface area contributed by atoms with E-state index in [-0.39, 0.29) is 0 Å². The zero-order valence-corrected chi connectivity index (χ0v) is 20.6. The second kappa shape index (κ2) is 8.22. The van der Waals surface area contributed by atoms with Crippen LogP contribution in [-0.2, 0) is 0 Å². The van der Waals surface area contributed by atoms with Crippen LogP contribution in [0.25, 0.3) is 64.6 Å². The topological polar surface area (TPSA) is 24.7 Å². The molecule has 0 fully saturated rings. The summed E-state index contributed by atoms with van der Waals surface area (Å²) >= 11 is 0. The fourth-order valence-electron chi connectivity index (χ4n) is 6.15. The third kappa shape index (κ3) is 3.01. The van der Waals surface area contributed by atoms with Crippen LogP contribution in [0.1, 0.15) is 0 Å². The van der Waals surface area contributed by atoms with Gasteiger partial charge in [-0.1, -0.05) is 121 Å². The lowest BCUT2D eigenvalue weighted by Crippen LogP contribution is -1.84. The summed E-state index contributed by atoms with van der Waals surface area (Å²) in [5.74, 6) is 0. The highest BCUT2D eigenvalue weighted by Crippen LogP contribution is 2.42. The van der Waals surface area contributed by atoms with E-state index in [1.54, 1.807) is 0 Å². The molecular formula is C36H22N2. The first-order chi connectivity index (χ1) is 18.9. The van der Waals surface area contributed by atoms with Gasteiger partial charge in [-0.2, -0.15) is 0 Å². The first-order valence-electron chi connectivity index (χ1n) is 12.9. The van der Waals surface area contributed by atoms with E-state index >= 15 is 0 Å². The van der Waals surface area contributed by atoms with Crippen LogP contribution in [0.2, 0.25) is 0 Å². The van der Waals surface area contributed by atoms with Crippen molar-refractivity contribution in [1.82, 2.24) is 0 Å². The Bertz CT molecular complexity index is 1990. The molecule has 8 aromatic rings. The summed E-state index contributed by atoms with van der Waals surface area (Å²) in [4.78, 5) is 0. The second-order valence-corrected chi connectivity index (χ2v) is 9.78. The van der Waals surface area contributed by atoms with Crippen LogP contribution < -0.4 is 0 Å². The Balaban J connectivity index is 1.43. The predicted molar refractivity (Wildman–Crippen MR) is 162 cm³/mol. The Kier molecular flexibility index (Phi) is 4.55. The molecule has 0 atom stereocenters. The molecule has 0 aliphatic carbocycles. The van der Waals surface area contributed by atoms with Crippen LogP contribution in [0, 0.1) is 0 Å². The molecule has 0 aromatic heterocycles. The summed E-state index contributed by atoms with van der Waals surface area (Å²) in [6, 6.07) is 47.2. The van der Waals surface area contributed by atoms with E-state index in [1.807, 2.05) is 0 Å². The average molecular weight is 483 g/mol. The van der Waals surface area contributed by atoms with Crippen molar-refractivity contribution in [1.29, 1.82) is 0 Å². The van der Waals surface area contributed by atoms with Gasteiger partial charge in [0.15, 0.2) is 0 Å². The molecule has 2 nitrogen and oxygen atoms in total. The minimum Gasteiger partial charge on any atom is -0.150 e. The van der Waals surface area contributed by atoms with Gasteiger partial charge in [0, 0.05) is 10.8 Å². The van der Waals surface area contributed by atoms with Gasteiger partial charge in [-0.3, -0.25) is 0 Å². The number of benzene rings is 8. The molecule has 0 spiro atoms. The molecule has 0 amide bonds. The van der Waals surface area contributed by atoms with E-state index in [4.69, 9.17) is 10.2 Å². The normalized spacial score (nSPS) is 12.1. The Hall–Kier alpha value is -5.08. The van der Waals surface area contributed by atoms with Crippen LogP contribution in [-0.4, -0.2) is 0 Å². The van der Waals surface area contributed by atoms with Gasteiger partial charge >= 0.3 is 0 Å². The van der Waals surface area contributed by atoms with Crippen molar-refractivity contribution in [2.45, 2.75) is 0 Å². The smallest absolute Gasteiger partial charge is 0.0941 e. The molecular weight excluding hydrogens is 460 g/mol. The number of hydrogen-bond acceptors (Lipinski definition) is 2. The fraction of sp³-hybridized carbons (Fsp3) is 0. The van der Waals surface area contributed by atoms with Gasteiger partial charge in [-0.15, -0.1) is 10.2 Å². The van der Waals surface area contributed by atoms with Crippen molar-refractivity contribution >= 4 is 76.0 Å². The Morgan fingerprint density at radius 2 is 0.474 bits per heavy atom. The van der Waals surface area contributed by atoms with Gasteiger partial charge in [0.1, 0.15) is 0 Å². The third-order valence-electron chi connectivity index (χ3n) is 7.76. The zero-order valence-electron chi connectivity index (χ0n) is 20.6. The second-order valence-electron chi connectivity index (χ2n) is 9.78. The van der Waals surface area contributed by atoms with Crippen LogP contribution in [0.5, 0.6) is 0 Å². The molecule has 0 aliphatic heterocycles. The van der Waals surface area contributed by atoms with Crippen LogP contribution >= 0.6 is 0 Å². The largest absolute Gasteiger partial charge is 0.150 e. The molecule has 0 radical (unpaired) electrons. The summed E-state index contributed by atoms with van der Waals surface area (Å²) in [6.07, 6.45) is 0. The summed E-state index contributed by atoms with van der Waals surface area (Å²) in [5.41, 5.74) is 1.76. The van der Waals surface area contributed by atoms with E-state index in [0.29, 0.717) is 0 Å². The number of azo groups is 1. The minimum absolute atomic E-state index is 0.881. The highest BCUT2D eigenvalue weighted by Gasteiger charge is 2.13. The number of nitrogens with zero attached hydrogens (tertiary/aromatic N) is 2. The molecule has 0 saturated heterocycles. The maximum Gasteiger partial charge on any atom is 0.0941 e. The summed E-state index contributed by atoms with van der Waals surface area (Å²) < 4.78 is 0.